The number of hydrogen-bond acceptors (Lipinski definition) is 5. The van der Waals surface area contributed by atoms with Crippen molar-refractivity contribution < 1.29 is 14.7 Å². The molecule has 1 aliphatic rings. The molecule has 0 aromatic carbocycles. The van der Waals surface area contributed by atoms with Gasteiger partial charge >= 0.3 is 5.97 Å². The zero-order valence-corrected chi connectivity index (χ0v) is 14.0. The van der Waals surface area contributed by atoms with Crippen molar-refractivity contribution in [2.24, 2.45) is 11.8 Å². The lowest BCUT2D eigenvalue weighted by Crippen LogP contribution is -2.42. The van der Waals surface area contributed by atoms with Crippen LogP contribution in [0.2, 0.25) is 0 Å². The number of thiazole rings is 1. The topological polar surface area (TPSA) is 82.5 Å². The van der Waals surface area contributed by atoms with E-state index < -0.39 is 5.97 Å². The average molecular weight is 325 g/mol. The molecule has 0 unspecified atom stereocenters. The van der Waals surface area contributed by atoms with Crippen LogP contribution in [0.25, 0.3) is 0 Å². The van der Waals surface area contributed by atoms with Crippen LogP contribution in [0, 0.1) is 18.8 Å². The second kappa shape index (κ2) is 7.19. The molecule has 2 rings (SSSR count). The van der Waals surface area contributed by atoms with Crippen LogP contribution < -0.4 is 5.32 Å². The van der Waals surface area contributed by atoms with E-state index in [1.807, 2.05) is 6.92 Å². The lowest BCUT2D eigenvalue weighted by atomic mass is 9.91. The van der Waals surface area contributed by atoms with Crippen LogP contribution in [0.4, 0.5) is 0 Å². The maximum Gasteiger partial charge on any atom is 0.304 e. The molecule has 2 atom stereocenters. The van der Waals surface area contributed by atoms with Gasteiger partial charge in [-0.3, -0.25) is 9.59 Å². The summed E-state index contributed by atoms with van der Waals surface area (Å²) in [6.45, 7) is 8.20. The molecule has 2 heterocycles. The summed E-state index contributed by atoms with van der Waals surface area (Å²) >= 11 is 1.46. The highest BCUT2D eigenvalue weighted by atomic mass is 32.1. The van der Waals surface area contributed by atoms with Crippen LogP contribution in [-0.4, -0.2) is 52.5 Å². The molecule has 2 N–H and O–H groups in total. The van der Waals surface area contributed by atoms with E-state index in [0.29, 0.717) is 30.6 Å². The molecule has 7 heteroatoms. The number of hydrogen-bond donors (Lipinski definition) is 2. The zero-order valence-electron chi connectivity index (χ0n) is 13.2. The molecule has 122 valence electrons. The van der Waals surface area contributed by atoms with Gasteiger partial charge in [0.1, 0.15) is 5.69 Å². The number of aliphatic carboxylic acids is 1. The van der Waals surface area contributed by atoms with Crippen LogP contribution in [0.1, 0.15) is 35.8 Å². The fourth-order valence-electron chi connectivity index (χ4n) is 2.89. The first-order chi connectivity index (χ1) is 10.4. The Kier molecular flexibility index (Phi) is 5.52. The van der Waals surface area contributed by atoms with Crippen LogP contribution in [0.15, 0.2) is 5.38 Å². The number of nitrogens with one attached hydrogen (secondary N) is 1. The highest BCUT2D eigenvalue weighted by Gasteiger charge is 2.35. The molecule has 1 aromatic heterocycles. The molecule has 1 amide bonds. The van der Waals surface area contributed by atoms with Gasteiger partial charge in [0.2, 0.25) is 0 Å². The maximum atomic E-state index is 12.3. The Morgan fingerprint density at radius 2 is 2.23 bits per heavy atom. The van der Waals surface area contributed by atoms with Gasteiger partial charge in [-0.15, -0.1) is 11.3 Å². The van der Waals surface area contributed by atoms with Gasteiger partial charge in [0.25, 0.3) is 5.91 Å². The predicted molar refractivity (Wildman–Crippen MR) is 85.1 cm³/mol. The number of likely N-dealkylation sites (tertiary alicyclic amines) is 1. The minimum atomic E-state index is -0.786. The van der Waals surface area contributed by atoms with E-state index in [-0.39, 0.29) is 18.4 Å². The van der Waals surface area contributed by atoms with Crippen molar-refractivity contribution in [3.05, 3.63) is 16.1 Å². The summed E-state index contributed by atoms with van der Waals surface area (Å²) in [7, 11) is 0. The Morgan fingerprint density at radius 1 is 1.50 bits per heavy atom. The Hall–Kier alpha value is -1.47. The van der Waals surface area contributed by atoms with Crippen molar-refractivity contribution in [1.82, 2.24) is 15.2 Å². The number of aromatic nitrogens is 1. The highest BCUT2D eigenvalue weighted by Crippen LogP contribution is 2.25. The van der Waals surface area contributed by atoms with E-state index in [0.717, 1.165) is 11.6 Å². The molecular formula is C15H23N3O3S. The Labute approximate surface area is 134 Å². The van der Waals surface area contributed by atoms with E-state index in [4.69, 9.17) is 5.11 Å². The van der Waals surface area contributed by atoms with Gasteiger partial charge in [0.05, 0.1) is 11.4 Å². The van der Waals surface area contributed by atoms with Gasteiger partial charge in [-0.05, 0) is 18.8 Å². The third-order valence-corrected chi connectivity index (χ3v) is 4.88. The first kappa shape index (κ1) is 16.9. The maximum absolute atomic E-state index is 12.3. The molecule has 22 heavy (non-hydrogen) atoms. The Morgan fingerprint density at radius 3 is 2.77 bits per heavy atom. The van der Waals surface area contributed by atoms with Crippen LogP contribution in [-0.2, 0) is 4.79 Å². The molecule has 0 bridgehead atoms. The SMILES string of the molecule is Cc1nc(C(=O)N[C@@H]2CN(CCC(=O)O)C[C@H]2C(C)C)cs1. The number of aryl methyl sites for hydroxylation is 1. The highest BCUT2D eigenvalue weighted by molar-refractivity contribution is 7.09. The van der Waals surface area contributed by atoms with E-state index >= 15 is 0 Å². The summed E-state index contributed by atoms with van der Waals surface area (Å²) in [5, 5.41) is 14.5. The second-order valence-corrected chi connectivity index (χ2v) is 7.21. The van der Waals surface area contributed by atoms with Gasteiger partial charge in [-0.1, -0.05) is 13.8 Å². The number of rotatable bonds is 6. The monoisotopic (exact) mass is 325 g/mol. The Bertz CT molecular complexity index is 544. The van der Waals surface area contributed by atoms with Gasteiger partial charge in [-0.2, -0.15) is 0 Å². The fraction of sp³-hybridized carbons (Fsp3) is 0.667. The standard InChI is InChI=1S/C15H23N3O3S/c1-9(2)11-6-18(5-4-14(19)20)7-12(11)17-15(21)13-8-22-10(3)16-13/h8-9,11-12H,4-7H2,1-3H3,(H,17,21)(H,19,20)/t11-,12+/m0/s1. The van der Waals surface area contributed by atoms with Gasteiger partial charge < -0.3 is 15.3 Å². The molecule has 1 aromatic rings. The van der Waals surface area contributed by atoms with Crippen LogP contribution in [0.5, 0.6) is 0 Å². The first-order valence-electron chi connectivity index (χ1n) is 7.54. The van der Waals surface area contributed by atoms with Crippen molar-refractivity contribution in [1.29, 1.82) is 0 Å². The average Bonchev–Trinajstić information content (AvgIpc) is 3.03. The molecule has 0 spiro atoms. The molecule has 0 radical (unpaired) electrons. The smallest absolute Gasteiger partial charge is 0.304 e. The number of carbonyl (C=O) groups excluding carboxylic acids is 1. The minimum Gasteiger partial charge on any atom is -0.481 e. The molecular weight excluding hydrogens is 302 g/mol. The molecule has 1 aliphatic heterocycles. The van der Waals surface area contributed by atoms with Crippen LogP contribution >= 0.6 is 11.3 Å². The fourth-order valence-corrected chi connectivity index (χ4v) is 3.48. The summed E-state index contributed by atoms with van der Waals surface area (Å²) in [6, 6.07) is 0.0447. The largest absolute Gasteiger partial charge is 0.481 e. The van der Waals surface area contributed by atoms with Crippen molar-refractivity contribution in [3.63, 3.8) is 0 Å². The number of carbonyl (C=O) groups is 2. The van der Waals surface area contributed by atoms with Gasteiger partial charge in [-0.25, -0.2) is 4.98 Å². The summed E-state index contributed by atoms with van der Waals surface area (Å²) in [5.41, 5.74) is 0.467. The number of nitrogens with zero attached hydrogens (tertiary/aromatic N) is 2. The van der Waals surface area contributed by atoms with Crippen molar-refractivity contribution in [2.45, 2.75) is 33.2 Å². The first-order valence-corrected chi connectivity index (χ1v) is 8.42. The van der Waals surface area contributed by atoms with E-state index in [9.17, 15) is 9.59 Å². The van der Waals surface area contributed by atoms with Crippen molar-refractivity contribution >= 4 is 23.2 Å². The van der Waals surface area contributed by atoms with E-state index in [1.54, 1.807) is 5.38 Å². The normalized spacial score (nSPS) is 22.2. The molecule has 1 fully saturated rings. The summed E-state index contributed by atoms with van der Waals surface area (Å²) in [6.07, 6.45) is 0.136. The summed E-state index contributed by atoms with van der Waals surface area (Å²) in [5.74, 6) is -0.165. The summed E-state index contributed by atoms with van der Waals surface area (Å²) in [4.78, 5) is 29.3. The number of amides is 1. The molecule has 6 nitrogen and oxygen atoms in total. The third kappa shape index (κ3) is 4.27. The lowest BCUT2D eigenvalue weighted by Gasteiger charge is -2.22. The lowest BCUT2D eigenvalue weighted by molar-refractivity contribution is -0.137. The Balaban J connectivity index is 1.98. The van der Waals surface area contributed by atoms with Gasteiger partial charge in [0.15, 0.2) is 0 Å². The number of carboxylic acids is 1. The number of carboxylic acid groups (broad SMARTS) is 1. The van der Waals surface area contributed by atoms with Crippen molar-refractivity contribution in [3.8, 4) is 0 Å². The third-order valence-electron chi connectivity index (χ3n) is 4.11. The van der Waals surface area contributed by atoms with Crippen molar-refractivity contribution in [2.75, 3.05) is 19.6 Å². The molecule has 1 saturated heterocycles. The predicted octanol–water partition coefficient (Wildman–Crippen LogP) is 1.61. The van der Waals surface area contributed by atoms with E-state index in [2.05, 4.69) is 29.0 Å². The molecule has 0 saturated carbocycles. The van der Waals surface area contributed by atoms with Gasteiger partial charge in [0, 0.05) is 31.1 Å². The van der Waals surface area contributed by atoms with Crippen LogP contribution in [0.3, 0.4) is 0 Å². The van der Waals surface area contributed by atoms with E-state index in [1.165, 1.54) is 11.3 Å². The minimum absolute atomic E-state index is 0.0447. The molecule has 0 aliphatic carbocycles. The zero-order chi connectivity index (χ0) is 16.3. The second-order valence-electron chi connectivity index (χ2n) is 6.14. The summed E-state index contributed by atoms with van der Waals surface area (Å²) < 4.78 is 0. The quantitative estimate of drug-likeness (QED) is 0.830.